The van der Waals surface area contributed by atoms with Crippen LogP contribution in [0.25, 0.3) is 0 Å². The molecule has 18 heavy (non-hydrogen) atoms. The van der Waals surface area contributed by atoms with Gasteiger partial charge in [-0.05, 0) is 31.9 Å². The second-order valence-corrected chi connectivity index (χ2v) is 4.33. The Labute approximate surface area is 116 Å². The van der Waals surface area contributed by atoms with E-state index in [0.717, 1.165) is 12.8 Å². The maximum absolute atomic E-state index is 11.6. The van der Waals surface area contributed by atoms with Crippen molar-refractivity contribution in [1.82, 2.24) is 5.32 Å². The van der Waals surface area contributed by atoms with Gasteiger partial charge in [-0.3, -0.25) is 4.79 Å². The number of aryl methyl sites for hydroxylation is 1. The SMILES string of the molecule is CCC(NC(=O)CCCN)c1ccc(C)cc1.Cl. The quantitative estimate of drug-likeness (QED) is 0.835. The molecule has 0 aromatic heterocycles. The summed E-state index contributed by atoms with van der Waals surface area (Å²) < 4.78 is 0. The first-order chi connectivity index (χ1) is 8.17. The van der Waals surface area contributed by atoms with E-state index in [0.29, 0.717) is 13.0 Å². The standard InChI is InChI=1S/C14H22N2O.ClH/c1-3-13(16-14(17)5-4-10-15)12-8-6-11(2)7-9-12;/h6-9,13H,3-5,10,15H2,1-2H3,(H,16,17);1H. The molecule has 0 spiro atoms. The lowest BCUT2D eigenvalue weighted by molar-refractivity contribution is -0.121. The molecule has 4 heteroatoms. The van der Waals surface area contributed by atoms with Crippen LogP contribution in [-0.4, -0.2) is 12.5 Å². The Morgan fingerprint density at radius 1 is 1.33 bits per heavy atom. The largest absolute Gasteiger partial charge is 0.349 e. The molecule has 0 bridgehead atoms. The van der Waals surface area contributed by atoms with Crippen molar-refractivity contribution < 1.29 is 4.79 Å². The van der Waals surface area contributed by atoms with Crippen molar-refractivity contribution in [3.63, 3.8) is 0 Å². The van der Waals surface area contributed by atoms with Gasteiger partial charge in [-0.2, -0.15) is 0 Å². The Hall–Kier alpha value is -1.06. The first-order valence-electron chi connectivity index (χ1n) is 6.23. The third kappa shape index (κ3) is 5.52. The molecule has 3 N–H and O–H groups in total. The van der Waals surface area contributed by atoms with Crippen molar-refractivity contribution in [2.45, 2.75) is 39.2 Å². The van der Waals surface area contributed by atoms with Gasteiger partial charge in [0.1, 0.15) is 0 Å². The van der Waals surface area contributed by atoms with E-state index in [-0.39, 0.29) is 24.4 Å². The zero-order valence-electron chi connectivity index (χ0n) is 11.1. The predicted octanol–water partition coefficient (Wildman–Crippen LogP) is 2.72. The lowest BCUT2D eigenvalue weighted by Gasteiger charge is -2.17. The molecule has 1 rings (SSSR count). The van der Waals surface area contributed by atoms with Gasteiger partial charge in [0, 0.05) is 6.42 Å². The Morgan fingerprint density at radius 2 is 1.94 bits per heavy atom. The molecule has 1 unspecified atom stereocenters. The monoisotopic (exact) mass is 270 g/mol. The van der Waals surface area contributed by atoms with Gasteiger partial charge in [-0.1, -0.05) is 36.8 Å². The van der Waals surface area contributed by atoms with Gasteiger partial charge in [0.2, 0.25) is 5.91 Å². The van der Waals surface area contributed by atoms with Gasteiger partial charge in [-0.15, -0.1) is 12.4 Å². The maximum Gasteiger partial charge on any atom is 0.220 e. The van der Waals surface area contributed by atoms with E-state index in [1.807, 2.05) is 0 Å². The topological polar surface area (TPSA) is 55.1 Å². The summed E-state index contributed by atoms with van der Waals surface area (Å²) in [5.74, 6) is 0.0860. The summed E-state index contributed by atoms with van der Waals surface area (Å²) in [6, 6.07) is 8.41. The van der Waals surface area contributed by atoms with Crippen molar-refractivity contribution in [2.75, 3.05) is 6.54 Å². The summed E-state index contributed by atoms with van der Waals surface area (Å²) in [6.45, 7) is 4.70. The van der Waals surface area contributed by atoms with Crippen LogP contribution >= 0.6 is 12.4 Å². The Kier molecular flexibility index (Phi) is 8.42. The van der Waals surface area contributed by atoms with E-state index in [9.17, 15) is 4.79 Å². The minimum Gasteiger partial charge on any atom is -0.349 e. The summed E-state index contributed by atoms with van der Waals surface area (Å²) in [4.78, 5) is 11.6. The molecule has 102 valence electrons. The van der Waals surface area contributed by atoms with Crippen LogP contribution in [0.2, 0.25) is 0 Å². The van der Waals surface area contributed by atoms with Crippen molar-refractivity contribution in [1.29, 1.82) is 0 Å². The van der Waals surface area contributed by atoms with Gasteiger partial charge >= 0.3 is 0 Å². The van der Waals surface area contributed by atoms with Crippen LogP contribution in [0.5, 0.6) is 0 Å². The molecule has 0 heterocycles. The minimum atomic E-state index is 0. The van der Waals surface area contributed by atoms with Crippen LogP contribution in [0.4, 0.5) is 0 Å². The molecule has 1 aromatic rings. The lowest BCUT2D eigenvalue weighted by Crippen LogP contribution is -2.28. The number of rotatable bonds is 6. The van der Waals surface area contributed by atoms with E-state index in [1.165, 1.54) is 11.1 Å². The van der Waals surface area contributed by atoms with Crippen LogP contribution in [0.15, 0.2) is 24.3 Å². The Balaban J connectivity index is 0.00000289. The van der Waals surface area contributed by atoms with Crippen molar-refractivity contribution >= 4 is 18.3 Å². The van der Waals surface area contributed by atoms with E-state index in [4.69, 9.17) is 5.73 Å². The average Bonchev–Trinajstić information content (AvgIpc) is 2.34. The van der Waals surface area contributed by atoms with Crippen LogP contribution in [0, 0.1) is 6.92 Å². The maximum atomic E-state index is 11.6. The normalized spacial score (nSPS) is 11.5. The van der Waals surface area contributed by atoms with Gasteiger partial charge in [0.15, 0.2) is 0 Å². The zero-order chi connectivity index (χ0) is 12.7. The molecule has 0 aliphatic heterocycles. The molecule has 0 aliphatic rings. The highest BCUT2D eigenvalue weighted by atomic mass is 35.5. The number of amides is 1. The number of hydrogen-bond donors (Lipinski definition) is 2. The summed E-state index contributed by atoms with van der Waals surface area (Å²) in [5.41, 5.74) is 7.79. The van der Waals surface area contributed by atoms with Gasteiger partial charge in [-0.25, -0.2) is 0 Å². The number of nitrogens with two attached hydrogens (primary N) is 1. The summed E-state index contributed by atoms with van der Waals surface area (Å²) in [5, 5.41) is 3.04. The average molecular weight is 271 g/mol. The predicted molar refractivity (Wildman–Crippen MR) is 77.9 cm³/mol. The molecule has 0 fully saturated rings. The Morgan fingerprint density at radius 3 is 2.44 bits per heavy atom. The zero-order valence-corrected chi connectivity index (χ0v) is 11.9. The smallest absolute Gasteiger partial charge is 0.220 e. The number of hydrogen-bond acceptors (Lipinski definition) is 2. The van der Waals surface area contributed by atoms with Crippen LogP contribution in [-0.2, 0) is 4.79 Å². The highest BCUT2D eigenvalue weighted by Crippen LogP contribution is 2.17. The third-order valence-electron chi connectivity index (χ3n) is 2.83. The minimum absolute atomic E-state index is 0. The third-order valence-corrected chi connectivity index (χ3v) is 2.83. The van der Waals surface area contributed by atoms with Crippen LogP contribution in [0.1, 0.15) is 43.4 Å². The Bertz CT molecular complexity index is 351. The number of carbonyl (C=O) groups is 1. The van der Waals surface area contributed by atoms with Crippen molar-refractivity contribution in [2.24, 2.45) is 5.73 Å². The van der Waals surface area contributed by atoms with Gasteiger partial charge in [0.05, 0.1) is 6.04 Å². The van der Waals surface area contributed by atoms with Gasteiger partial charge in [0.25, 0.3) is 0 Å². The molecule has 0 radical (unpaired) electrons. The molecule has 0 aliphatic carbocycles. The first kappa shape index (κ1) is 16.9. The van der Waals surface area contributed by atoms with Crippen molar-refractivity contribution in [3.05, 3.63) is 35.4 Å². The van der Waals surface area contributed by atoms with Crippen molar-refractivity contribution in [3.8, 4) is 0 Å². The van der Waals surface area contributed by atoms with Crippen LogP contribution in [0.3, 0.4) is 0 Å². The summed E-state index contributed by atoms with van der Waals surface area (Å²) in [7, 11) is 0. The van der Waals surface area contributed by atoms with E-state index in [1.54, 1.807) is 0 Å². The number of carbonyl (C=O) groups excluding carboxylic acids is 1. The molecule has 0 saturated heterocycles. The summed E-state index contributed by atoms with van der Waals surface area (Å²) in [6.07, 6.45) is 2.16. The van der Waals surface area contributed by atoms with E-state index < -0.39 is 0 Å². The molecular formula is C14H23ClN2O. The van der Waals surface area contributed by atoms with Crippen LogP contribution < -0.4 is 11.1 Å². The molecule has 1 amide bonds. The second kappa shape index (κ2) is 8.95. The highest BCUT2D eigenvalue weighted by Gasteiger charge is 2.11. The number of benzene rings is 1. The molecular weight excluding hydrogens is 248 g/mol. The second-order valence-electron chi connectivity index (χ2n) is 4.33. The molecule has 3 nitrogen and oxygen atoms in total. The fourth-order valence-electron chi connectivity index (χ4n) is 1.75. The molecule has 0 saturated carbocycles. The summed E-state index contributed by atoms with van der Waals surface area (Å²) >= 11 is 0. The molecule has 1 atom stereocenters. The number of nitrogens with one attached hydrogen (secondary N) is 1. The highest BCUT2D eigenvalue weighted by molar-refractivity contribution is 5.85. The first-order valence-corrected chi connectivity index (χ1v) is 6.23. The fraction of sp³-hybridized carbons (Fsp3) is 0.500. The van der Waals surface area contributed by atoms with Gasteiger partial charge < -0.3 is 11.1 Å². The number of halogens is 1. The lowest BCUT2D eigenvalue weighted by atomic mass is 10.0. The van der Waals surface area contributed by atoms with E-state index >= 15 is 0 Å². The fourth-order valence-corrected chi connectivity index (χ4v) is 1.75. The molecule has 1 aromatic carbocycles. The van der Waals surface area contributed by atoms with E-state index in [2.05, 4.69) is 43.4 Å².